The normalized spacial score (nSPS) is 16.0. The highest BCUT2D eigenvalue weighted by molar-refractivity contribution is 9.10. The number of anilines is 1. The third-order valence-corrected chi connectivity index (χ3v) is 4.87. The van der Waals surface area contributed by atoms with Crippen LogP contribution in [0.5, 0.6) is 5.75 Å². The van der Waals surface area contributed by atoms with E-state index in [4.69, 9.17) is 9.47 Å². The molecule has 0 radical (unpaired) electrons. The molecule has 1 aliphatic rings. The molecule has 0 spiro atoms. The molecule has 2 aromatic rings. The number of halogens is 1. The van der Waals surface area contributed by atoms with E-state index in [1.54, 1.807) is 49.5 Å². The van der Waals surface area contributed by atoms with Crippen molar-refractivity contribution in [1.29, 1.82) is 0 Å². The second-order valence-electron chi connectivity index (χ2n) is 6.21. The lowest BCUT2D eigenvalue weighted by Gasteiger charge is -2.13. The zero-order valence-corrected chi connectivity index (χ0v) is 16.5. The SMILES string of the molecule is CNC(=O)c1cccc(NC(=O)c2ccc(OCC3CCCO3)c(Br)c2)c1. The quantitative estimate of drug-likeness (QED) is 0.730. The maximum Gasteiger partial charge on any atom is 0.255 e. The smallest absolute Gasteiger partial charge is 0.255 e. The van der Waals surface area contributed by atoms with Crippen LogP contribution in [0.4, 0.5) is 5.69 Å². The Labute approximate surface area is 166 Å². The van der Waals surface area contributed by atoms with E-state index in [9.17, 15) is 9.59 Å². The van der Waals surface area contributed by atoms with Crippen LogP contribution in [0.25, 0.3) is 0 Å². The van der Waals surface area contributed by atoms with E-state index in [1.165, 1.54) is 0 Å². The van der Waals surface area contributed by atoms with Gasteiger partial charge >= 0.3 is 0 Å². The van der Waals surface area contributed by atoms with Crippen molar-refractivity contribution in [2.45, 2.75) is 18.9 Å². The molecule has 1 unspecified atom stereocenters. The Morgan fingerprint density at radius 3 is 2.70 bits per heavy atom. The van der Waals surface area contributed by atoms with Gasteiger partial charge in [0.2, 0.25) is 0 Å². The summed E-state index contributed by atoms with van der Waals surface area (Å²) in [5, 5.41) is 5.36. The van der Waals surface area contributed by atoms with Gasteiger partial charge in [-0.15, -0.1) is 0 Å². The van der Waals surface area contributed by atoms with Crippen LogP contribution < -0.4 is 15.4 Å². The van der Waals surface area contributed by atoms with E-state index >= 15 is 0 Å². The number of carbonyl (C=O) groups excluding carboxylic acids is 2. The second kappa shape index (κ2) is 9.01. The molecule has 0 aromatic heterocycles. The minimum absolute atomic E-state index is 0.132. The number of nitrogens with one attached hydrogen (secondary N) is 2. The Bertz CT molecular complexity index is 834. The van der Waals surface area contributed by atoms with Crippen LogP contribution in [-0.2, 0) is 4.74 Å². The average molecular weight is 433 g/mol. The Morgan fingerprint density at radius 2 is 2.00 bits per heavy atom. The summed E-state index contributed by atoms with van der Waals surface area (Å²) in [7, 11) is 1.56. The van der Waals surface area contributed by atoms with Crippen molar-refractivity contribution in [3.8, 4) is 5.75 Å². The first-order chi connectivity index (χ1) is 13.1. The standard InChI is InChI=1S/C20H21BrN2O4/c1-22-19(24)13-4-2-5-15(10-13)23-20(25)14-7-8-18(17(21)11-14)27-12-16-6-3-9-26-16/h2,4-5,7-8,10-11,16H,3,6,9,12H2,1H3,(H,22,24)(H,23,25). The van der Waals surface area contributed by atoms with Crippen molar-refractivity contribution < 1.29 is 19.1 Å². The number of rotatable bonds is 6. The van der Waals surface area contributed by atoms with Crippen molar-refractivity contribution in [1.82, 2.24) is 5.32 Å². The first kappa shape index (κ1) is 19.4. The highest BCUT2D eigenvalue weighted by Crippen LogP contribution is 2.27. The van der Waals surface area contributed by atoms with Crippen molar-refractivity contribution >= 4 is 33.4 Å². The average Bonchev–Trinajstić information content (AvgIpc) is 3.20. The minimum Gasteiger partial charge on any atom is -0.490 e. The summed E-state index contributed by atoms with van der Waals surface area (Å²) >= 11 is 3.45. The van der Waals surface area contributed by atoms with Crippen molar-refractivity contribution in [3.05, 3.63) is 58.1 Å². The minimum atomic E-state index is -0.268. The van der Waals surface area contributed by atoms with Gasteiger partial charge in [0.15, 0.2) is 0 Å². The zero-order valence-electron chi connectivity index (χ0n) is 15.0. The fraction of sp³-hybridized carbons (Fsp3) is 0.300. The summed E-state index contributed by atoms with van der Waals surface area (Å²) in [4.78, 5) is 24.2. The monoisotopic (exact) mass is 432 g/mol. The van der Waals surface area contributed by atoms with Crippen molar-refractivity contribution in [2.75, 3.05) is 25.6 Å². The molecule has 6 nitrogen and oxygen atoms in total. The van der Waals surface area contributed by atoms with E-state index < -0.39 is 0 Å². The largest absolute Gasteiger partial charge is 0.490 e. The topological polar surface area (TPSA) is 76.7 Å². The molecule has 2 amide bonds. The molecule has 1 fully saturated rings. The van der Waals surface area contributed by atoms with Crippen LogP contribution in [0.15, 0.2) is 46.9 Å². The summed E-state index contributed by atoms with van der Waals surface area (Å²) in [6.07, 6.45) is 2.20. The summed E-state index contributed by atoms with van der Waals surface area (Å²) in [6.45, 7) is 1.28. The van der Waals surface area contributed by atoms with Gasteiger partial charge < -0.3 is 20.1 Å². The van der Waals surface area contributed by atoms with Crippen LogP contribution >= 0.6 is 15.9 Å². The molecule has 27 heavy (non-hydrogen) atoms. The third kappa shape index (κ3) is 5.08. The Balaban J connectivity index is 1.64. The predicted octanol–water partition coefficient (Wildman–Crippen LogP) is 3.62. The summed E-state index contributed by atoms with van der Waals surface area (Å²) in [6, 6.07) is 11.9. The van der Waals surface area contributed by atoms with Gasteiger partial charge in [-0.25, -0.2) is 0 Å². The number of ether oxygens (including phenoxy) is 2. The van der Waals surface area contributed by atoms with E-state index in [-0.39, 0.29) is 17.9 Å². The highest BCUT2D eigenvalue weighted by atomic mass is 79.9. The fourth-order valence-corrected chi connectivity index (χ4v) is 3.30. The zero-order chi connectivity index (χ0) is 19.2. The first-order valence-corrected chi connectivity index (χ1v) is 9.53. The summed E-state index contributed by atoms with van der Waals surface area (Å²) in [5.74, 6) is 0.195. The van der Waals surface area contributed by atoms with Gasteiger partial charge in [0, 0.05) is 30.5 Å². The first-order valence-electron chi connectivity index (χ1n) is 8.74. The molecule has 142 valence electrons. The predicted molar refractivity (Wildman–Crippen MR) is 106 cm³/mol. The van der Waals surface area contributed by atoms with E-state index in [0.717, 1.165) is 19.4 Å². The number of benzene rings is 2. The van der Waals surface area contributed by atoms with E-state index in [2.05, 4.69) is 26.6 Å². The Hall–Kier alpha value is -2.38. The molecule has 2 N–H and O–H groups in total. The summed E-state index contributed by atoms with van der Waals surface area (Å²) < 4.78 is 12.0. The number of hydrogen-bond acceptors (Lipinski definition) is 4. The second-order valence-corrected chi connectivity index (χ2v) is 7.06. The van der Waals surface area contributed by atoms with Crippen molar-refractivity contribution in [2.24, 2.45) is 0 Å². The lowest BCUT2D eigenvalue weighted by molar-refractivity contribution is 0.0677. The molecule has 0 aliphatic carbocycles. The van der Waals surface area contributed by atoms with Gasteiger partial charge in [-0.2, -0.15) is 0 Å². The molecular formula is C20H21BrN2O4. The maximum absolute atomic E-state index is 12.5. The Kier molecular flexibility index (Phi) is 6.47. The molecule has 1 aliphatic heterocycles. The third-order valence-electron chi connectivity index (χ3n) is 4.25. The molecule has 1 atom stereocenters. The molecule has 3 rings (SSSR count). The van der Waals surface area contributed by atoms with Crippen molar-refractivity contribution in [3.63, 3.8) is 0 Å². The van der Waals surface area contributed by atoms with E-state index in [0.29, 0.717) is 33.6 Å². The number of amides is 2. The van der Waals surface area contributed by atoms with Gasteiger partial charge in [-0.3, -0.25) is 9.59 Å². The maximum atomic E-state index is 12.5. The molecule has 7 heteroatoms. The van der Waals surface area contributed by atoms with Crippen LogP contribution in [-0.4, -0.2) is 38.2 Å². The Morgan fingerprint density at radius 1 is 1.19 bits per heavy atom. The lowest BCUT2D eigenvalue weighted by Crippen LogP contribution is -2.18. The molecule has 1 saturated heterocycles. The van der Waals surface area contributed by atoms with Gasteiger partial charge in [0.1, 0.15) is 12.4 Å². The molecule has 2 aromatic carbocycles. The molecule has 1 heterocycles. The van der Waals surface area contributed by atoms with Crippen LogP contribution in [0, 0.1) is 0 Å². The molecular weight excluding hydrogens is 412 g/mol. The van der Waals surface area contributed by atoms with Gasteiger partial charge in [-0.05, 0) is 65.2 Å². The van der Waals surface area contributed by atoms with Gasteiger partial charge in [0.05, 0.1) is 10.6 Å². The molecule has 0 saturated carbocycles. The van der Waals surface area contributed by atoms with Crippen LogP contribution in [0.1, 0.15) is 33.6 Å². The fourth-order valence-electron chi connectivity index (χ4n) is 2.80. The van der Waals surface area contributed by atoms with Crippen LogP contribution in [0.2, 0.25) is 0 Å². The lowest BCUT2D eigenvalue weighted by atomic mass is 10.1. The summed E-state index contributed by atoms with van der Waals surface area (Å²) in [5.41, 5.74) is 1.52. The van der Waals surface area contributed by atoms with E-state index in [1.807, 2.05) is 0 Å². The van der Waals surface area contributed by atoms with Gasteiger partial charge in [-0.1, -0.05) is 6.07 Å². The highest BCUT2D eigenvalue weighted by Gasteiger charge is 2.17. The van der Waals surface area contributed by atoms with Gasteiger partial charge in [0.25, 0.3) is 11.8 Å². The van der Waals surface area contributed by atoms with Crippen LogP contribution in [0.3, 0.4) is 0 Å². The number of hydrogen-bond donors (Lipinski definition) is 2. The molecule has 0 bridgehead atoms. The number of carbonyl (C=O) groups is 2.